The monoisotopic (exact) mass is 308 g/mol. The van der Waals surface area contributed by atoms with Crippen molar-refractivity contribution in [2.45, 2.75) is 19.1 Å². The molecule has 112 valence electrons. The van der Waals surface area contributed by atoms with Crippen molar-refractivity contribution < 1.29 is 15.1 Å². The van der Waals surface area contributed by atoms with Crippen molar-refractivity contribution in [3.05, 3.63) is 56.3 Å². The fourth-order valence-corrected chi connectivity index (χ4v) is 2.71. The standard InChI is InChI=1S/C14H16N2O4S/c1-14(18,11-4-5-21-8-11)9-15-12-6-10(7-17)2-3-13(12)16(19)20/h2-6,8,15,17-18H,7,9H2,1H3. The summed E-state index contributed by atoms with van der Waals surface area (Å²) < 4.78 is 0. The van der Waals surface area contributed by atoms with Gasteiger partial charge in [-0.3, -0.25) is 10.1 Å². The Bertz CT molecular complexity index is 626. The highest BCUT2D eigenvalue weighted by Gasteiger charge is 2.25. The number of nitro groups is 1. The fourth-order valence-electron chi connectivity index (χ4n) is 1.92. The second-order valence-corrected chi connectivity index (χ2v) is 5.69. The first-order valence-corrected chi connectivity index (χ1v) is 7.25. The number of nitrogens with one attached hydrogen (secondary N) is 1. The number of anilines is 1. The maximum absolute atomic E-state index is 11.0. The molecule has 1 aromatic heterocycles. The summed E-state index contributed by atoms with van der Waals surface area (Å²) in [5, 5.41) is 37.2. The molecule has 1 aromatic carbocycles. The number of aliphatic hydroxyl groups is 2. The molecule has 0 saturated carbocycles. The second-order valence-electron chi connectivity index (χ2n) is 4.91. The summed E-state index contributed by atoms with van der Waals surface area (Å²) in [6, 6.07) is 6.17. The molecule has 3 N–H and O–H groups in total. The van der Waals surface area contributed by atoms with Gasteiger partial charge in [0.2, 0.25) is 0 Å². The lowest BCUT2D eigenvalue weighted by molar-refractivity contribution is -0.384. The van der Waals surface area contributed by atoms with Gasteiger partial charge >= 0.3 is 0 Å². The number of benzene rings is 1. The molecule has 0 radical (unpaired) electrons. The number of hydrogen-bond acceptors (Lipinski definition) is 6. The average molecular weight is 308 g/mol. The van der Waals surface area contributed by atoms with E-state index < -0.39 is 10.5 Å². The minimum absolute atomic E-state index is 0.0895. The summed E-state index contributed by atoms with van der Waals surface area (Å²) in [5.74, 6) is 0. The molecule has 7 heteroatoms. The summed E-state index contributed by atoms with van der Waals surface area (Å²) in [6.45, 7) is 1.57. The third-order valence-electron chi connectivity index (χ3n) is 3.21. The Kier molecular flexibility index (Phi) is 4.56. The number of rotatable bonds is 6. The van der Waals surface area contributed by atoms with E-state index in [0.717, 1.165) is 5.56 Å². The molecule has 0 amide bonds. The summed E-state index contributed by atoms with van der Waals surface area (Å²) in [7, 11) is 0. The van der Waals surface area contributed by atoms with Crippen molar-refractivity contribution in [2.24, 2.45) is 0 Å². The molecule has 6 nitrogen and oxygen atoms in total. The van der Waals surface area contributed by atoms with Crippen LogP contribution in [0.4, 0.5) is 11.4 Å². The van der Waals surface area contributed by atoms with E-state index in [-0.39, 0.29) is 24.5 Å². The van der Waals surface area contributed by atoms with Crippen LogP contribution in [0.5, 0.6) is 0 Å². The van der Waals surface area contributed by atoms with E-state index >= 15 is 0 Å². The van der Waals surface area contributed by atoms with Gasteiger partial charge in [0.1, 0.15) is 11.3 Å². The van der Waals surface area contributed by atoms with Crippen LogP contribution in [0.2, 0.25) is 0 Å². The molecule has 0 aliphatic carbocycles. The first-order chi connectivity index (χ1) is 9.94. The van der Waals surface area contributed by atoms with Crippen LogP contribution in [-0.2, 0) is 12.2 Å². The van der Waals surface area contributed by atoms with Crippen LogP contribution in [0.25, 0.3) is 0 Å². The van der Waals surface area contributed by atoms with Crippen LogP contribution in [0.15, 0.2) is 35.0 Å². The van der Waals surface area contributed by atoms with Crippen LogP contribution in [0, 0.1) is 10.1 Å². The molecule has 2 aromatic rings. The topological polar surface area (TPSA) is 95.6 Å². The molecule has 0 aliphatic rings. The summed E-state index contributed by atoms with van der Waals surface area (Å²) in [6.07, 6.45) is 0. The molecule has 0 aliphatic heterocycles. The van der Waals surface area contributed by atoms with Gasteiger partial charge in [0.05, 0.1) is 11.5 Å². The Morgan fingerprint density at radius 2 is 2.19 bits per heavy atom. The van der Waals surface area contributed by atoms with Crippen molar-refractivity contribution in [1.29, 1.82) is 0 Å². The lowest BCUT2D eigenvalue weighted by atomic mass is 9.99. The van der Waals surface area contributed by atoms with Crippen LogP contribution in [0.1, 0.15) is 18.1 Å². The highest BCUT2D eigenvalue weighted by atomic mass is 32.1. The van der Waals surface area contributed by atoms with Gasteiger partial charge < -0.3 is 15.5 Å². The molecule has 0 spiro atoms. The number of aliphatic hydroxyl groups excluding tert-OH is 1. The van der Waals surface area contributed by atoms with Crippen molar-refractivity contribution in [2.75, 3.05) is 11.9 Å². The number of nitro benzene ring substituents is 1. The zero-order valence-electron chi connectivity index (χ0n) is 11.4. The van der Waals surface area contributed by atoms with Gasteiger partial charge in [0.15, 0.2) is 0 Å². The number of nitrogens with zero attached hydrogens (tertiary/aromatic N) is 1. The van der Waals surface area contributed by atoms with E-state index in [9.17, 15) is 15.2 Å². The smallest absolute Gasteiger partial charge is 0.292 e. The van der Waals surface area contributed by atoms with Gasteiger partial charge in [-0.05, 0) is 47.0 Å². The van der Waals surface area contributed by atoms with Crippen molar-refractivity contribution in [3.8, 4) is 0 Å². The Morgan fingerprint density at radius 1 is 1.43 bits per heavy atom. The Hall–Kier alpha value is -1.96. The maximum Gasteiger partial charge on any atom is 0.292 e. The van der Waals surface area contributed by atoms with Crippen molar-refractivity contribution in [1.82, 2.24) is 0 Å². The van der Waals surface area contributed by atoms with Gasteiger partial charge in [-0.25, -0.2) is 0 Å². The Balaban J connectivity index is 2.21. The van der Waals surface area contributed by atoms with E-state index in [1.165, 1.54) is 29.5 Å². The van der Waals surface area contributed by atoms with Crippen LogP contribution < -0.4 is 5.32 Å². The minimum atomic E-state index is -1.14. The van der Waals surface area contributed by atoms with Crippen LogP contribution >= 0.6 is 11.3 Å². The predicted octanol–water partition coefficient (Wildman–Crippen LogP) is 2.47. The highest BCUT2D eigenvalue weighted by molar-refractivity contribution is 7.08. The van der Waals surface area contributed by atoms with Crippen molar-refractivity contribution in [3.63, 3.8) is 0 Å². The summed E-state index contributed by atoms with van der Waals surface area (Å²) in [5.41, 5.74) is 0.373. The molecular formula is C14H16N2O4S. The molecular weight excluding hydrogens is 292 g/mol. The molecule has 0 bridgehead atoms. The molecule has 1 unspecified atom stereocenters. The predicted molar refractivity (Wildman–Crippen MR) is 81.4 cm³/mol. The highest BCUT2D eigenvalue weighted by Crippen LogP contribution is 2.28. The third kappa shape index (κ3) is 3.57. The van der Waals surface area contributed by atoms with Gasteiger partial charge in [0, 0.05) is 12.6 Å². The molecule has 1 atom stereocenters. The van der Waals surface area contributed by atoms with Gasteiger partial charge in [-0.15, -0.1) is 0 Å². The third-order valence-corrected chi connectivity index (χ3v) is 3.89. The Labute approximate surface area is 125 Å². The number of thiophene rings is 1. The molecule has 0 fully saturated rings. The van der Waals surface area contributed by atoms with Crippen LogP contribution in [-0.4, -0.2) is 21.7 Å². The summed E-state index contributed by atoms with van der Waals surface area (Å²) >= 11 is 1.47. The van der Waals surface area contributed by atoms with E-state index in [0.29, 0.717) is 5.56 Å². The van der Waals surface area contributed by atoms with Gasteiger partial charge in [0.25, 0.3) is 5.69 Å². The lowest BCUT2D eigenvalue weighted by Crippen LogP contribution is -2.30. The first kappa shape index (κ1) is 15.4. The quantitative estimate of drug-likeness (QED) is 0.563. The fraction of sp³-hybridized carbons (Fsp3) is 0.286. The summed E-state index contributed by atoms with van der Waals surface area (Å²) in [4.78, 5) is 10.5. The van der Waals surface area contributed by atoms with Crippen molar-refractivity contribution >= 4 is 22.7 Å². The maximum atomic E-state index is 11.0. The normalized spacial score (nSPS) is 13.7. The zero-order chi connectivity index (χ0) is 15.5. The van der Waals surface area contributed by atoms with Crippen LogP contribution in [0.3, 0.4) is 0 Å². The first-order valence-electron chi connectivity index (χ1n) is 6.31. The largest absolute Gasteiger partial charge is 0.392 e. The van der Waals surface area contributed by atoms with E-state index in [1.54, 1.807) is 6.92 Å². The van der Waals surface area contributed by atoms with Gasteiger partial charge in [-0.2, -0.15) is 11.3 Å². The van der Waals surface area contributed by atoms with E-state index in [4.69, 9.17) is 5.11 Å². The number of hydrogen-bond donors (Lipinski definition) is 3. The molecule has 1 heterocycles. The SMILES string of the molecule is CC(O)(CNc1cc(CO)ccc1[N+](=O)[O-])c1ccsc1. The molecule has 0 saturated heterocycles. The second kappa shape index (κ2) is 6.21. The average Bonchev–Trinajstić information content (AvgIpc) is 2.99. The lowest BCUT2D eigenvalue weighted by Gasteiger charge is -2.23. The van der Waals surface area contributed by atoms with Gasteiger partial charge in [-0.1, -0.05) is 0 Å². The molecule has 21 heavy (non-hydrogen) atoms. The van der Waals surface area contributed by atoms with E-state index in [1.807, 2.05) is 16.8 Å². The van der Waals surface area contributed by atoms with E-state index in [2.05, 4.69) is 5.32 Å². The molecule has 2 rings (SSSR count). The minimum Gasteiger partial charge on any atom is -0.392 e. The zero-order valence-corrected chi connectivity index (χ0v) is 12.3. The Morgan fingerprint density at radius 3 is 2.76 bits per heavy atom.